The lowest BCUT2D eigenvalue weighted by Gasteiger charge is -2.20. The Morgan fingerprint density at radius 3 is 2.67 bits per heavy atom. The van der Waals surface area contributed by atoms with Crippen LogP contribution in [0.25, 0.3) is 0 Å². The van der Waals surface area contributed by atoms with E-state index >= 15 is 0 Å². The van der Waals surface area contributed by atoms with Gasteiger partial charge in [0.1, 0.15) is 6.10 Å². The lowest BCUT2D eigenvalue weighted by atomic mass is 9.99. The molecule has 1 atom stereocenters. The minimum atomic E-state index is -0.346. The molecule has 2 nitrogen and oxygen atoms in total. The molecule has 0 radical (unpaired) electrons. The van der Waals surface area contributed by atoms with Gasteiger partial charge in [0.2, 0.25) is 0 Å². The molecule has 0 fully saturated rings. The maximum absolute atomic E-state index is 11.4. The molecule has 0 bridgehead atoms. The number of carbonyl (C=O) groups is 1. The fourth-order valence-corrected chi connectivity index (χ4v) is 1.15. The predicted octanol–water partition coefficient (Wildman–Crippen LogP) is 1.64. The summed E-state index contributed by atoms with van der Waals surface area (Å²) in [5, 5.41) is 0. The summed E-state index contributed by atoms with van der Waals surface area (Å²) >= 11 is 0. The van der Waals surface area contributed by atoms with Gasteiger partial charge in [-0.15, -0.1) is 0 Å². The van der Waals surface area contributed by atoms with Crippen LogP contribution in [0.3, 0.4) is 0 Å². The Bertz CT molecular complexity index is 261. The molecule has 0 aromatic rings. The van der Waals surface area contributed by atoms with Crippen LogP contribution in [0, 0.1) is 0 Å². The van der Waals surface area contributed by atoms with Gasteiger partial charge in [0, 0.05) is 5.57 Å². The fourth-order valence-electron chi connectivity index (χ4n) is 1.15. The number of hydrogen-bond acceptors (Lipinski definition) is 2. The van der Waals surface area contributed by atoms with E-state index in [1.807, 2.05) is 0 Å². The van der Waals surface area contributed by atoms with Gasteiger partial charge in [0.25, 0.3) is 0 Å². The summed E-state index contributed by atoms with van der Waals surface area (Å²) in [5.41, 5.74) is 1.47. The maximum Gasteiger partial charge on any atom is 0.191 e. The summed E-state index contributed by atoms with van der Waals surface area (Å²) < 4.78 is 5.20. The van der Waals surface area contributed by atoms with E-state index in [1.54, 1.807) is 19.1 Å². The lowest BCUT2D eigenvalue weighted by molar-refractivity contribution is -0.126. The van der Waals surface area contributed by atoms with E-state index in [9.17, 15) is 4.79 Å². The summed E-state index contributed by atoms with van der Waals surface area (Å²) in [6.45, 7) is 9.39. The Labute approximate surface area is 72.2 Å². The number of rotatable bonds is 2. The SMILES string of the molecule is C=CC1=C(C=C)C(=O)C(C)OC1. The van der Waals surface area contributed by atoms with Crippen LogP contribution in [-0.2, 0) is 9.53 Å². The molecule has 1 aliphatic rings. The van der Waals surface area contributed by atoms with Crippen molar-refractivity contribution in [3.8, 4) is 0 Å². The van der Waals surface area contributed by atoms with E-state index in [4.69, 9.17) is 4.74 Å². The number of Topliss-reactive ketones (excluding diaryl/α,β-unsaturated/α-hetero) is 1. The summed E-state index contributed by atoms with van der Waals surface area (Å²) in [6.07, 6.45) is 2.86. The molecule has 2 heteroatoms. The monoisotopic (exact) mass is 164 g/mol. The first-order valence-corrected chi connectivity index (χ1v) is 3.84. The molecule has 0 spiro atoms. The Kier molecular flexibility index (Phi) is 2.61. The molecule has 1 aliphatic heterocycles. The van der Waals surface area contributed by atoms with Crippen molar-refractivity contribution in [1.82, 2.24) is 0 Å². The van der Waals surface area contributed by atoms with Crippen LogP contribution in [0.4, 0.5) is 0 Å². The first kappa shape index (κ1) is 8.94. The van der Waals surface area contributed by atoms with E-state index < -0.39 is 0 Å². The second-order valence-electron chi connectivity index (χ2n) is 2.66. The average Bonchev–Trinajstić information content (AvgIpc) is 2.09. The first-order chi connectivity index (χ1) is 5.70. The topological polar surface area (TPSA) is 26.3 Å². The van der Waals surface area contributed by atoms with Gasteiger partial charge in [-0.2, -0.15) is 0 Å². The van der Waals surface area contributed by atoms with Gasteiger partial charge < -0.3 is 4.74 Å². The molecule has 0 aromatic heterocycles. The summed E-state index contributed by atoms with van der Waals surface area (Å²) in [7, 11) is 0. The van der Waals surface area contributed by atoms with Gasteiger partial charge in [-0.25, -0.2) is 0 Å². The van der Waals surface area contributed by atoms with Crippen molar-refractivity contribution in [3.05, 3.63) is 36.5 Å². The third-order valence-electron chi connectivity index (χ3n) is 1.92. The van der Waals surface area contributed by atoms with Gasteiger partial charge in [-0.1, -0.05) is 25.3 Å². The zero-order chi connectivity index (χ0) is 9.14. The van der Waals surface area contributed by atoms with Crippen molar-refractivity contribution in [1.29, 1.82) is 0 Å². The molecular formula is C10H12O2. The molecule has 1 rings (SSSR count). The van der Waals surface area contributed by atoms with Gasteiger partial charge >= 0.3 is 0 Å². The van der Waals surface area contributed by atoms with Crippen molar-refractivity contribution >= 4 is 5.78 Å². The minimum absolute atomic E-state index is 0.00819. The van der Waals surface area contributed by atoms with Crippen molar-refractivity contribution in [2.75, 3.05) is 6.61 Å². The highest BCUT2D eigenvalue weighted by Gasteiger charge is 2.23. The molecule has 1 heterocycles. The van der Waals surface area contributed by atoms with Gasteiger partial charge in [-0.3, -0.25) is 4.79 Å². The zero-order valence-electron chi connectivity index (χ0n) is 7.17. The van der Waals surface area contributed by atoms with Crippen LogP contribution < -0.4 is 0 Å². The Morgan fingerprint density at radius 2 is 2.17 bits per heavy atom. The standard InChI is InChI=1S/C10H12O2/c1-4-8-6-12-7(3)10(11)9(8)5-2/h4-5,7H,1-2,6H2,3H3. The van der Waals surface area contributed by atoms with Gasteiger partial charge in [0.15, 0.2) is 5.78 Å². The highest BCUT2D eigenvalue weighted by atomic mass is 16.5. The predicted molar refractivity (Wildman–Crippen MR) is 47.8 cm³/mol. The molecule has 0 saturated heterocycles. The molecule has 0 aromatic carbocycles. The normalized spacial score (nSPS) is 24.1. The molecule has 0 saturated carbocycles. The molecule has 64 valence electrons. The van der Waals surface area contributed by atoms with Crippen LogP contribution in [0.5, 0.6) is 0 Å². The second kappa shape index (κ2) is 3.50. The Morgan fingerprint density at radius 1 is 1.50 bits per heavy atom. The quantitative estimate of drug-likeness (QED) is 0.620. The van der Waals surface area contributed by atoms with E-state index in [0.717, 1.165) is 5.57 Å². The van der Waals surface area contributed by atoms with Crippen LogP contribution in [0.2, 0.25) is 0 Å². The molecule has 0 aliphatic carbocycles. The van der Waals surface area contributed by atoms with Gasteiger partial charge in [-0.05, 0) is 12.5 Å². The smallest absolute Gasteiger partial charge is 0.191 e. The van der Waals surface area contributed by atoms with Crippen molar-refractivity contribution in [2.24, 2.45) is 0 Å². The van der Waals surface area contributed by atoms with E-state index in [1.165, 1.54) is 0 Å². The van der Waals surface area contributed by atoms with Crippen LogP contribution in [0.15, 0.2) is 36.5 Å². The Hall–Kier alpha value is -1.15. The largest absolute Gasteiger partial charge is 0.366 e. The average molecular weight is 164 g/mol. The van der Waals surface area contributed by atoms with E-state index in [-0.39, 0.29) is 11.9 Å². The third-order valence-corrected chi connectivity index (χ3v) is 1.92. The lowest BCUT2D eigenvalue weighted by Crippen LogP contribution is -2.28. The zero-order valence-corrected chi connectivity index (χ0v) is 7.17. The second-order valence-corrected chi connectivity index (χ2v) is 2.66. The van der Waals surface area contributed by atoms with Gasteiger partial charge in [0.05, 0.1) is 6.61 Å². The number of carbonyl (C=O) groups excluding carboxylic acids is 1. The van der Waals surface area contributed by atoms with Crippen LogP contribution in [0.1, 0.15) is 6.92 Å². The van der Waals surface area contributed by atoms with Crippen molar-refractivity contribution in [3.63, 3.8) is 0 Å². The molecule has 12 heavy (non-hydrogen) atoms. The number of ketones is 1. The number of ether oxygens (including phenoxy) is 1. The Balaban J connectivity index is 3.07. The van der Waals surface area contributed by atoms with E-state index in [0.29, 0.717) is 12.2 Å². The summed E-state index contributed by atoms with van der Waals surface area (Å²) in [5.74, 6) is -0.00819. The number of allylic oxidation sites excluding steroid dienone is 1. The molecule has 1 unspecified atom stereocenters. The van der Waals surface area contributed by atoms with E-state index in [2.05, 4.69) is 13.2 Å². The first-order valence-electron chi connectivity index (χ1n) is 3.84. The molecule has 0 N–H and O–H groups in total. The minimum Gasteiger partial charge on any atom is -0.366 e. The van der Waals surface area contributed by atoms with Crippen molar-refractivity contribution < 1.29 is 9.53 Å². The molecule has 0 amide bonds. The van der Waals surface area contributed by atoms with Crippen LogP contribution in [-0.4, -0.2) is 18.5 Å². The summed E-state index contributed by atoms with van der Waals surface area (Å²) in [6, 6.07) is 0. The molecular weight excluding hydrogens is 152 g/mol. The third kappa shape index (κ3) is 1.38. The fraction of sp³-hybridized carbons (Fsp3) is 0.300. The number of hydrogen-bond donors (Lipinski definition) is 0. The summed E-state index contributed by atoms with van der Waals surface area (Å²) in [4.78, 5) is 11.4. The van der Waals surface area contributed by atoms with Crippen molar-refractivity contribution in [2.45, 2.75) is 13.0 Å². The maximum atomic E-state index is 11.4. The highest BCUT2D eigenvalue weighted by molar-refractivity contribution is 6.02. The van der Waals surface area contributed by atoms with Crippen LogP contribution >= 0.6 is 0 Å². The highest BCUT2D eigenvalue weighted by Crippen LogP contribution is 2.18.